The summed E-state index contributed by atoms with van der Waals surface area (Å²) in [4.78, 5) is 36.8. The summed E-state index contributed by atoms with van der Waals surface area (Å²) in [6.07, 6.45) is 0.189. The summed E-state index contributed by atoms with van der Waals surface area (Å²) in [5, 5.41) is 21.2. The lowest BCUT2D eigenvalue weighted by molar-refractivity contribution is -0.384. The topological polar surface area (TPSA) is 110 Å². The number of methoxy groups -OCH3 is 1. The lowest BCUT2D eigenvalue weighted by Gasteiger charge is -2.26. The number of hydrogen-bond acceptors (Lipinski definition) is 6. The number of nitro benzene ring substituents is 1. The lowest BCUT2D eigenvalue weighted by Crippen LogP contribution is -2.34. The molecule has 0 fully saturated rings. The zero-order valence-electron chi connectivity index (χ0n) is 15.0. The van der Waals surface area contributed by atoms with Crippen LogP contribution in [0.5, 0.6) is 0 Å². The summed E-state index contributed by atoms with van der Waals surface area (Å²) in [6, 6.07) is 4.83. The van der Waals surface area contributed by atoms with Crippen molar-refractivity contribution in [3.05, 3.63) is 51.3 Å². The minimum atomic E-state index is -0.787. The Bertz CT molecular complexity index is 739. The quantitative estimate of drug-likeness (QED) is 0.562. The van der Waals surface area contributed by atoms with E-state index < -0.39 is 22.6 Å². The number of carbonyl (C=O) groups excluding carboxylic acids is 2. The van der Waals surface area contributed by atoms with Gasteiger partial charge >= 0.3 is 0 Å². The first-order valence-electron chi connectivity index (χ1n) is 8.28. The van der Waals surface area contributed by atoms with Crippen molar-refractivity contribution in [2.75, 3.05) is 20.3 Å². The number of ketones is 1. The van der Waals surface area contributed by atoms with Gasteiger partial charge in [0, 0.05) is 32.2 Å². The van der Waals surface area contributed by atoms with E-state index in [1.54, 1.807) is 0 Å². The van der Waals surface area contributed by atoms with Gasteiger partial charge in [-0.2, -0.15) is 0 Å². The molecule has 1 atom stereocenters. The van der Waals surface area contributed by atoms with E-state index in [0.29, 0.717) is 5.56 Å². The van der Waals surface area contributed by atoms with Crippen LogP contribution in [0.4, 0.5) is 5.69 Å². The number of rotatable bonds is 8. The minimum absolute atomic E-state index is 0.0358. The number of aliphatic hydroxyl groups is 1. The molecule has 0 bridgehead atoms. The molecule has 26 heavy (non-hydrogen) atoms. The lowest BCUT2D eigenvalue weighted by atomic mass is 9.92. The highest BCUT2D eigenvalue weighted by Crippen LogP contribution is 2.38. The van der Waals surface area contributed by atoms with Crippen LogP contribution in [0.25, 0.3) is 0 Å². The molecule has 1 aliphatic heterocycles. The first-order chi connectivity index (χ1) is 12.3. The molecule has 8 nitrogen and oxygen atoms in total. The van der Waals surface area contributed by atoms with Gasteiger partial charge in [-0.05, 0) is 23.6 Å². The highest BCUT2D eigenvalue weighted by atomic mass is 16.6. The Balaban J connectivity index is 2.47. The Morgan fingerprint density at radius 3 is 2.46 bits per heavy atom. The van der Waals surface area contributed by atoms with Crippen molar-refractivity contribution in [2.45, 2.75) is 26.3 Å². The molecule has 0 spiro atoms. The second kappa shape index (κ2) is 8.09. The van der Waals surface area contributed by atoms with Gasteiger partial charge in [-0.25, -0.2) is 0 Å². The average Bonchev–Trinajstić information content (AvgIpc) is 2.84. The van der Waals surface area contributed by atoms with Crippen LogP contribution in [-0.4, -0.2) is 46.9 Å². The van der Waals surface area contributed by atoms with E-state index in [-0.39, 0.29) is 42.5 Å². The highest BCUT2D eigenvalue weighted by Gasteiger charge is 2.43. The minimum Gasteiger partial charge on any atom is -0.503 e. The first-order valence-corrected chi connectivity index (χ1v) is 8.28. The number of aliphatic hydroxyl groups excluding tert-OH is 1. The third-order valence-electron chi connectivity index (χ3n) is 4.15. The summed E-state index contributed by atoms with van der Waals surface area (Å²) in [5.74, 6) is -1.45. The molecular weight excluding hydrogens is 340 g/mol. The predicted molar refractivity (Wildman–Crippen MR) is 93.5 cm³/mol. The molecule has 1 aromatic rings. The van der Waals surface area contributed by atoms with Crippen molar-refractivity contribution in [1.82, 2.24) is 4.90 Å². The van der Waals surface area contributed by atoms with Gasteiger partial charge in [0.1, 0.15) is 0 Å². The Labute approximate surface area is 151 Å². The number of hydrogen-bond donors (Lipinski definition) is 1. The summed E-state index contributed by atoms with van der Waals surface area (Å²) in [5.41, 5.74) is 0.467. The molecule has 0 radical (unpaired) electrons. The molecule has 1 aromatic carbocycles. The van der Waals surface area contributed by atoms with Crippen LogP contribution in [0, 0.1) is 16.0 Å². The number of benzene rings is 1. The number of ether oxygens (including phenoxy) is 1. The molecule has 0 saturated carbocycles. The fourth-order valence-electron chi connectivity index (χ4n) is 2.96. The van der Waals surface area contributed by atoms with Crippen LogP contribution in [0.1, 0.15) is 31.9 Å². The summed E-state index contributed by atoms with van der Waals surface area (Å²) in [7, 11) is 1.49. The van der Waals surface area contributed by atoms with E-state index in [1.807, 2.05) is 13.8 Å². The molecule has 0 saturated heterocycles. The molecule has 1 N–H and O–H groups in total. The van der Waals surface area contributed by atoms with Crippen LogP contribution in [0.2, 0.25) is 0 Å². The van der Waals surface area contributed by atoms with Crippen molar-refractivity contribution in [1.29, 1.82) is 0 Å². The first kappa shape index (κ1) is 19.6. The molecule has 1 heterocycles. The van der Waals surface area contributed by atoms with E-state index >= 15 is 0 Å². The maximum atomic E-state index is 12.7. The van der Waals surface area contributed by atoms with Crippen molar-refractivity contribution < 1.29 is 24.4 Å². The Morgan fingerprint density at radius 1 is 1.35 bits per heavy atom. The molecule has 0 aliphatic carbocycles. The van der Waals surface area contributed by atoms with Crippen LogP contribution in [0.3, 0.4) is 0 Å². The molecule has 1 amide bonds. The van der Waals surface area contributed by atoms with Crippen molar-refractivity contribution >= 4 is 17.4 Å². The van der Waals surface area contributed by atoms with Gasteiger partial charge in [-0.15, -0.1) is 0 Å². The van der Waals surface area contributed by atoms with Gasteiger partial charge in [0.2, 0.25) is 0 Å². The second-order valence-electron chi connectivity index (χ2n) is 6.53. The Hall–Kier alpha value is -2.74. The van der Waals surface area contributed by atoms with Crippen LogP contribution in [0.15, 0.2) is 35.6 Å². The summed E-state index contributed by atoms with van der Waals surface area (Å²) in [6.45, 7) is 4.15. The van der Waals surface area contributed by atoms with Crippen LogP contribution >= 0.6 is 0 Å². The number of amides is 1. The average molecular weight is 362 g/mol. The van der Waals surface area contributed by atoms with Crippen LogP contribution < -0.4 is 0 Å². The molecule has 140 valence electrons. The molecule has 2 rings (SSSR count). The monoisotopic (exact) mass is 362 g/mol. The largest absolute Gasteiger partial charge is 0.503 e. The number of nitro groups is 1. The van der Waals surface area contributed by atoms with Gasteiger partial charge in [0.05, 0.1) is 23.1 Å². The molecular formula is C18H22N2O6. The van der Waals surface area contributed by atoms with E-state index in [1.165, 1.54) is 36.3 Å². The predicted octanol–water partition coefficient (Wildman–Crippen LogP) is 2.55. The standard InChI is InChI=1S/C18H22N2O6/c1-11(2)10-14(21)15-16(12-4-6-13(7-5-12)20(24)25)19(8-9-26-3)18(23)17(15)22/h4-7,11,16,22H,8-10H2,1-3H3. The summed E-state index contributed by atoms with van der Waals surface area (Å²) < 4.78 is 5.01. The smallest absolute Gasteiger partial charge is 0.290 e. The Kier molecular flexibility index (Phi) is 6.10. The molecule has 0 aromatic heterocycles. The van der Waals surface area contributed by atoms with Gasteiger partial charge in [-0.1, -0.05) is 13.8 Å². The van der Waals surface area contributed by atoms with Crippen molar-refractivity contribution in [3.8, 4) is 0 Å². The fourth-order valence-corrected chi connectivity index (χ4v) is 2.96. The fraction of sp³-hybridized carbons (Fsp3) is 0.444. The van der Waals surface area contributed by atoms with Crippen molar-refractivity contribution in [2.24, 2.45) is 5.92 Å². The van der Waals surface area contributed by atoms with E-state index in [0.717, 1.165) is 0 Å². The van der Waals surface area contributed by atoms with E-state index in [2.05, 4.69) is 0 Å². The molecule has 8 heteroatoms. The summed E-state index contributed by atoms with van der Waals surface area (Å²) >= 11 is 0. The van der Waals surface area contributed by atoms with Crippen LogP contribution in [-0.2, 0) is 14.3 Å². The molecule has 1 unspecified atom stereocenters. The number of carbonyl (C=O) groups is 2. The Morgan fingerprint density at radius 2 is 1.96 bits per heavy atom. The number of Topliss-reactive ketones (excluding diaryl/α,β-unsaturated/α-hetero) is 1. The van der Waals surface area contributed by atoms with E-state index in [9.17, 15) is 24.8 Å². The van der Waals surface area contributed by atoms with E-state index in [4.69, 9.17) is 4.74 Å². The van der Waals surface area contributed by atoms with Gasteiger partial charge < -0.3 is 14.7 Å². The zero-order chi connectivity index (χ0) is 19.4. The maximum absolute atomic E-state index is 12.7. The number of nitrogens with zero attached hydrogens (tertiary/aromatic N) is 2. The SMILES string of the molecule is COCCN1C(=O)C(O)=C(C(=O)CC(C)C)C1c1ccc([N+](=O)[O-])cc1. The van der Waals surface area contributed by atoms with Gasteiger partial charge in [0.15, 0.2) is 11.5 Å². The van der Waals surface area contributed by atoms with Gasteiger partial charge in [0.25, 0.3) is 11.6 Å². The zero-order valence-corrected chi connectivity index (χ0v) is 15.0. The maximum Gasteiger partial charge on any atom is 0.290 e. The second-order valence-corrected chi connectivity index (χ2v) is 6.53. The highest BCUT2D eigenvalue weighted by molar-refractivity contribution is 6.09. The molecule has 1 aliphatic rings. The third-order valence-corrected chi connectivity index (χ3v) is 4.15. The van der Waals surface area contributed by atoms with Gasteiger partial charge in [-0.3, -0.25) is 19.7 Å². The normalized spacial score (nSPS) is 17.3. The van der Waals surface area contributed by atoms with Crippen molar-refractivity contribution in [3.63, 3.8) is 0 Å². The number of non-ortho nitro benzene ring substituents is 1. The third kappa shape index (κ3) is 3.91.